The van der Waals surface area contributed by atoms with Gasteiger partial charge in [0.2, 0.25) is 0 Å². The summed E-state index contributed by atoms with van der Waals surface area (Å²) < 4.78 is 14.9. The van der Waals surface area contributed by atoms with E-state index in [-0.39, 0.29) is 11.9 Å². The summed E-state index contributed by atoms with van der Waals surface area (Å²) in [5, 5.41) is 0. The molecule has 0 amide bonds. The average molecular weight is 356 g/mol. The second-order valence-electron chi connectivity index (χ2n) is 5.34. The zero-order valence-electron chi connectivity index (χ0n) is 15.4. The molecule has 0 spiro atoms. The lowest BCUT2D eigenvalue weighted by Crippen LogP contribution is -2.03. The Hall–Kier alpha value is -3.08. The van der Waals surface area contributed by atoms with E-state index in [0.29, 0.717) is 18.1 Å². The first kappa shape index (κ1) is 21.0. The first-order valence-corrected chi connectivity index (χ1v) is 8.09. The van der Waals surface area contributed by atoms with Crippen molar-refractivity contribution in [2.45, 2.75) is 26.9 Å². The Morgan fingerprint density at radius 1 is 0.962 bits per heavy atom. The molecule has 0 bridgehead atoms. The summed E-state index contributed by atoms with van der Waals surface area (Å²) in [5.74, 6) is 0.404. The molecule has 0 radical (unpaired) electrons. The Morgan fingerprint density at radius 3 is 2.19 bits per heavy atom. The van der Waals surface area contributed by atoms with Crippen molar-refractivity contribution in [3.05, 3.63) is 72.3 Å². The predicted octanol–water partition coefficient (Wildman–Crippen LogP) is 4.10. The smallest absolute Gasteiger partial charge is 0.308 e. The minimum Gasteiger partial charge on any atom is -0.493 e. The predicted molar refractivity (Wildman–Crippen MR) is 100 cm³/mol. The molecule has 2 aromatic rings. The van der Waals surface area contributed by atoms with Gasteiger partial charge in [-0.05, 0) is 29.7 Å². The maximum absolute atomic E-state index is 10.8. The minimum atomic E-state index is -0.357. The molecule has 5 nitrogen and oxygen atoms in total. The van der Waals surface area contributed by atoms with E-state index in [9.17, 15) is 9.59 Å². The van der Waals surface area contributed by atoms with Crippen molar-refractivity contribution in [3.63, 3.8) is 0 Å². The molecule has 0 aliphatic carbocycles. The van der Waals surface area contributed by atoms with Crippen molar-refractivity contribution in [1.29, 1.82) is 0 Å². The Balaban J connectivity index is 0.000000273. The second-order valence-corrected chi connectivity index (χ2v) is 5.34. The molecule has 26 heavy (non-hydrogen) atoms. The SMILES string of the molecule is C=CCc1ccc(OC(C)=O)c(OC)c1.CC(=O)OCc1ccccc1. The van der Waals surface area contributed by atoms with Crippen molar-refractivity contribution in [2.24, 2.45) is 0 Å². The molecule has 0 saturated carbocycles. The molecule has 0 aromatic heterocycles. The third-order valence-electron chi connectivity index (χ3n) is 3.15. The van der Waals surface area contributed by atoms with Gasteiger partial charge in [-0.3, -0.25) is 9.59 Å². The molecule has 5 heteroatoms. The maximum atomic E-state index is 10.8. The van der Waals surface area contributed by atoms with Crippen molar-refractivity contribution < 1.29 is 23.8 Å². The van der Waals surface area contributed by atoms with Crippen LogP contribution in [0.25, 0.3) is 0 Å². The van der Waals surface area contributed by atoms with Crippen LogP contribution in [0, 0.1) is 0 Å². The molecular weight excluding hydrogens is 332 g/mol. The van der Waals surface area contributed by atoms with Gasteiger partial charge < -0.3 is 14.2 Å². The van der Waals surface area contributed by atoms with E-state index >= 15 is 0 Å². The highest BCUT2D eigenvalue weighted by Crippen LogP contribution is 2.28. The lowest BCUT2D eigenvalue weighted by molar-refractivity contribution is -0.142. The van der Waals surface area contributed by atoms with Gasteiger partial charge in [0.15, 0.2) is 11.5 Å². The number of allylic oxidation sites excluding steroid dienone is 1. The van der Waals surface area contributed by atoms with E-state index in [1.54, 1.807) is 19.3 Å². The number of hydrogen-bond acceptors (Lipinski definition) is 5. The first-order chi connectivity index (χ1) is 12.5. The summed E-state index contributed by atoms with van der Waals surface area (Å²) in [6.45, 7) is 6.79. The van der Waals surface area contributed by atoms with Gasteiger partial charge in [-0.1, -0.05) is 42.5 Å². The van der Waals surface area contributed by atoms with Crippen LogP contribution in [0.5, 0.6) is 11.5 Å². The summed E-state index contributed by atoms with van der Waals surface area (Å²) in [6, 6.07) is 15.0. The molecule has 0 unspecified atom stereocenters. The molecule has 0 aliphatic rings. The van der Waals surface area contributed by atoms with Gasteiger partial charge >= 0.3 is 11.9 Å². The Labute approximate surface area is 154 Å². The number of carbonyl (C=O) groups excluding carboxylic acids is 2. The van der Waals surface area contributed by atoms with Crippen LogP contribution in [0.2, 0.25) is 0 Å². The third kappa shape index (κ3) is 8.15. The van der Waals surface area contributed by atoms with Crippen LogP contribution in [0.4, 0.5) is 0 Å². The summed E-state index contributed by atoms with van der Waals surface area (Å²) in [6.07, 6.45) is 2.57. The molecule has 0 heterocycles. The van der Waals surface area contributed by atoms with Gasteiger partial charge in [-0.15, -0.1) is 6.58 Å². The lowest BCUT2D eigenvalue weighted by Gasteiger charge is -2.08. The highest BCUT2D eigenvalue weighted by molar-refractivity contribution is 5.70. The van der Waals surface area contributed by atoms with Crippen LogP contribution < -0.4 is 9.47 Å². The van der Waals surface area contributed by atoms with E-state index in [2.05, 4.69) is 6.58 Å². The van der Waals surface area contributed by atoms with Crippen molar-refractivity contribution >= 4 is 11.9 Å². The summed E-state index contributed by atoms with van der Waals surface area (Å²) in [7, 11) is 1.54. The molecule has 0 atom stereocenters. The fraction of sp³-hybridized carbons (Fsp3) is 0.238. The van der Waals surface area contributed by atoms with Crippen LogP contribution in [0.15, 0.2) is 61.2 Å². The van der Waals surface area contributed by atoms with Crippen LogP contribution >= 0.6 is 0 Å². The Morgan fingerprint density at radius 2 is 1.65 bits per heavy atom. The number of benzene rings is 2. The van der Waals surface area contributed by atoms with Crippen LogP contribution in [0.1, 0.15) is 25.0 Å². The van der Waals surface area contributed by atoms with Gasteiger partial charge in [0.25, 0.3) is 0 Å². The molecule has 0 fully saturated rings. The zero-order valence-corrected chi connectivity index (χ0v) is 15.4. The van der Waals surface area contributed by atoms with E-state index in [4.69, 9.17) is 14.2 Å². The highest BCUT2D eigenvalue weighted by Gasteiger charge is 2.07. The van der Waals surface area contributed by atoms with Crippen molar-refractivity contribution in [3.8, 4) is 11.5 Å². The molecule has 0 N–H and O–H groups in total. The van der Waals surface area contributed by atoms with Crippen LogP contribution in [0.3, 0.4) is 0 Å². The summed E-state index contributed by atoms with van der Waals surface area (Å²) in [4.78, 5) is 21.2. The quantitative estimate of drug-likeness (QED) is 0.443. The standard InChI is InChI=1S/C12H14O3.C9H10O2/c1-4-5-10-6-7-11(15-9(2)13)12(8-10)14-3;1-8(10)11-7-9-5-3-2-4-6-9/h4,6-8H,1,5H2,2-3H3;2-6H,7H2,1H3. The number of esters is 2. The molecule has 0 saturated heterocycles. The minimum absolute atomic E-state index is 0.242. The maximum Gasteiger partial charge on any atom is 0.308 e. The van der Waals surface area contributed by atoms with Crippen LogP contribution in [-0.4, -0.2) is 19.0 Å². The van der Waals surface area contributed by atoms with Gasteiger partial charge in [0, 0.05) is 13.8 Å². The number of ether oxygens (including phenoxy) is 3. The Bertz CT molecular complexity index is 722. The number of rotatable bonds is 6. The molecule has 138 valence electrons. The average Bonchev–Trinajstić information content (AvgIpc) is 2.62. The van der Waals surface area contributed by atoms with Gasteiger partial charge in [-0.2, -0.15) is 0 Å². The molecule has 0 aliphatic heterocycles. The summed E-state index contributed by atoms with van der Waals surface area (Å²) >= 11 is 0. The van der Waals surface area contributed by atoms with Gasteiger partial charge in [0.1, 0.15) is 6.61 Å². The second kappa shape index (κ2) is 11.5. The largest absolute Gasteiger partial charge is 0.493 e. The van der Waals surface area contributed by atoms with E-state index in [0.717, 1.165) is 17.5 Å². The van der Waals surface area contributed by atoms with Crippen LogP contribution in [-0.2, 0) is 27.4 Å². The normalized spacial score (nSPS) is 9.35. The Kier molecular flexibility index (Phi) is 9.25. The monoisotopic (exact) mass is 356 g/mol. The topological polar surface area (TPSA) is 61.8 Å². The van der Waals surface area contributed by atoms with E-state index < -0.39 is 0 Å². The zero-order chi connectivity index (χ0) is 19.4. The van der Waals surface area contributed by atoms with Gasteiger partial charge in [-0.25, -0.2) is 0 Å². The number of methoxy groups -OCH3 is 1. The molecule has 2 aromatic carbocycles. The fourth-order valence-electron chi connectivity index (χ4n) is 2.00. The third-order valence-corrected chi connectivity index (χ3v) is 3.15. The number of carbonyl (C=O) groups is 2. The van der Waals surface area contributed by atoms with Crippen molar-refractivity contribution in [2.75, 3.05) is 7.11 Å². The highest BCUT2D eigenvalue weighted by atomic mass is 16.6. The van der Waals surface area contributed by atoms with Gasteiger partial charge in [0.05, 0.1) is 7.11 Å². The summed E-state index contributed by atoms with van der Waals surface area (Å²) in [5.41, 5.74) is 2.08. The first-order valence-electron chi connectivity index (χ1n) is 8.09. The van der Waals surface area contributed by atoms with E-state index in [1.165, 1.54) is 13.8 Å². The van der Waals surface area contributed by atoms with Crippen molar-refractivity contribution in [1.82, 2.24) is 0 Å². The molecule has 2 rings (SSSR count). The van der Waals surface area contributed by atoms with E-state index in [1.807, 2.05) is 42.5 Å². The molecular formula is C21H24O5. The number of hydrogen-bond donors (Lipinski definition) is 0. The lowest BCUT2D eigenvalue weighted by atomic mass is 10.1. The fourth-order valence-corrected chi connectivity index (χ4v) is 2.00.